The monoisotopic (exact) mass is 321 g/mol. The van der Waals surface area contributed by atoms with Crippen LogP contribution in [0.5, 0.6) is 0 Å². The molecule has 0 N–H and O–H groups in total. The number of aryl methyl sites for hydroxylation is 2. The van der Waals surface area contributed by atoms with E-state index in [1.54, 1.807) is 6.07 Å². The maximum atomic E-state index is 14.2. The molecule has 0 bridgehead atoms. The second-order valence-electron chi connectivity index (χ2n) is 6.46. The molecule has 0 spiro atoms. The van der Waals surface area contributed by atoms with Gasteiger partial charge in [0.05, 0.1) is 12.1 Å². The van der Waals surface area contributed by atoms with E-state index in [0.29, 0.717) is 6.54 Å². The van der Waals surface area contributed by atoms with Gasteiger partial charge in [-0.3, -0.25) is 0 Å². The van der Waals surface area contributed by atoms with Crippen LogP contribution in [0.15, 0.2) is 36.4 Å². The van der Waals surface area contributed by atoms with Gasteiger partial charge in [-0.1, -0.05) is 24.3 Å². The molecule has 24 heavy (non-hydrogen) atoms. The quantitative estimate of drug-likeness (QED) is 0.703. The molecule has 0 amide bonds. The summed E-state index contributed by atoms with van der Waals surface area (Å²) >= 11 is 0. The lowest BCUT2D eigenvalue weighted by molar-refractivity contribution is 0.583. The van der Waals surface area contributed by atoms with Gasteiger partial charge >= 0.3 is 0 Å². The molecule has 1 aliphatic heterocycles. The van der Waals surface area contributed by atoms with Crippen LogP contribution >= 0.6 is 0 Å². The molecule has 1 aliphatic rings. The van der Waals surface area contributed by atoms with Gasteiger partial charge in [0.15, 0.2) is 0 Å². The van der Waals surface area contributed by atoms with Crippen molar-refractivity contribution in [1.29, 1.82) is 0 Å². The fraction of sp³-hybridized carbons (Fsp3) is 0.300. The molecule has 1 aromatic heterocycles. The molecule has 0 atom stereocenters. The van der Waals surface area contributed by atoms with Gasteiger partial charge in [0.2, 0.25) is 0 Å². The topological polar surface area (TPSA) is 29.0 Å². The number of aromatic nitrogens is 2. The van der Waals surface area contributed by atoms with Gasteiger partial charge < -0.3 is 4.90 Å². The van der Waals surface area contributed by atoms with E-state index in [-0.39, 0.29) is 5.82 Å². The smallest absolute Gasteiger partial charge is 0.148 e. The van der Waals surface area contributed by atoms with Crippen LogP contribution in [-0.4, -0.2) is 16.5 Å². The molecule has 4 heteroatoms. The van der Waals surface area contributed by atoms with Crippen LogP contribution < -0.4 is 4.90 Å². The van der Waals surface area contributed by atoms with Gasteiger partial charge in [-0.25, -0.2) is 14.4 Å². The molecule has 0 radical (unpaired) electrons. The minimum absolute atomic E-state index is 0.101. The molecule has 3 nitrogen and oxygen atoms in total. The Morgan fingerprint density at radius 1 is 1.08 bits per heavy atom. The molecule has 4 rings (SSSR count). The molecule has 2 aromatic carbocycles. The van der Waals surface area contributed by atoms with Gasteiger partial charge in [0.25, 0.3) is 0 Å². The Balaban J connectivity index is 1.74. The highest BCUT2D eigenvalue weighted by atomic mass is 19.1. The average molecular weight is 321 g/mol. The third-order valence-corrected chi connectivity index (χ3v) is 4.77. The van der Waals surface area contributed by atoms with Crippen molar-refractivity contribution < 1.29 is 4.39 Å². The Kier molecular flexibility index (Phi) is 3.68. The first-order valence-corrected chi connectivity index (χ1v) is 8.38. The summed E-state index contributed by atoms with van der Waals surface area (Å²) in [4.78, 5) is 11.6. The lowest BCUT2D eigenvalue weighted by Crippen LogP contribution is -2.31. The van der Waals surface area contributed by atoms with Crippen molar-refractivity contribution in [1.82, 2.24) is 9.97 Å². The predicted molar refractivity (Wildman–Crippen MR) is 94.8 cm³/mol. The van der Waals surface area contributed by atoms with E-state index in [2.05, 4.69) is 9.88 Å². The van der Waals surface area contributed by atoms with Crippen molar-refractivity contribution in [2.45, 2.75) is 33.2 Å². The first-order chi connectivity index (χ1) is 11.6. The summed E-state index contributed by atoms with van der Waals surface area (Å²) in [7, 11) is 0. The van der Waals surface area contributed by atoms with Crippen LogP contribution in [-0.2, 0) is 13.0 Å². The Labute approximate surface area is 141 Å². The summed E-state index contributed by atoms with van der Waals surface area (Å²) in [5.41, 5.74) is 4.93. The number of halogens is 1. The Morgan fingerprint density at radius 2 is 1.92 bits per heavy atom. The zero-order valence-electron chi connectivity index (χ0n) is 14.0. The van der Waals surface area contributed by atoms with Crippen LogP contribution in [0.4, 0.5) is 10.1 Å². The van der Waals surface area contributed by atoms with E-state index in [0.717, 1.165) is 58.6 Å². The number of anilines is 1. The highest BCUT2D eigenvalue weighted by Gasteiger charge is 2.22. The van der Waals surface area contributed by atoms with Crippen LogP contribution in [0.2, 0.25) is 0 Å². The highest BCUT2D eigenvalue weighted by molar-refractivity contribution is 5.80. The Morgan fingerprint density at radius 3 is 2.79 bits per heavy atom. The lowest BCUT2D eigenvalue weighted by atomic mass is 9.97. The van der Waals surface area contributed by atoms with E-state index < -0.39 is 0 Å². The fourth-order valence-electron chi connectivity index (χ4n) is 3.66. The highest BCUT2D eigenvalue weighted by Crippen LogP contribution is 2.33. The minimum atomic E-state index is -0.101. The largest absolute Gasteiger partial charge is 0.363 e. The lowest BCUT2D eigenvalue weighted by Gasteiger charge is -2.32. The van der Waals surface area contributed by atoms with Crippen LogP contribution in [0.25, 0.3) is 10.9 Å². The maximum absolute atomic E-state index is 14.2. The molecule has 0 saturated carbocycles. The molecule has 0 aliphatic carbocycles. The van der Waals surface area contributed by atoms with Crippen LogP contribution in [0.1, 0.15) is 29.1 Å². The van der Waals surface area contributed by atoms with E-state index in [4.69, 9.17) is 4.98 Å². The van der Waals surface area contributed by atoms with Crippen molar-refractivity contribution in [2.75, 3.05) is 11.4 Å². The first kappa shape index (κ1) is 15.1. The molecular weight excluding hydrogens is 301 g/mol. The molecule has 3 aromatic rings. The predicted octanol–water partition coefficient (Wildman–Crippen LogP) is 4.34. The first-order valence-electron chi connectivity index (χ1n) is 8.38. The van der Waals surface area contributed by atoms with Crippen molar-refractivity contribution >= 4 is 16.6 Å². The van der Waals surface area contributed by atoms with Crippen molar-refractivity contribution in [3.8, 4) is 0 Å². The summed E-state index contributed by atoms with van der Waals surface area (Å²) in [6.45, 7) is 5.58. The van der Waals surface area contributed by atoms with Gasteiger partial charge in [0.1, 0.15) is 11.6 Å². The van der Waals surface area contributed by atoms with E-state index in [1.165, 1.54) is 0 Å². The molecule has 0 fully saturated rings. The summed E-state index contributed by atoms with van der Waals surface area (Å²) < 4.78 is 14.2. The van der Waals surface area contributed by atoms with Crippen LogP contribution in [0.3, 0.4) is 0 Å². The van der Waals surface area contributed by atoms with E-state index in [9.17, 15) is 4.39 Å². The second kappa shape index (κ2) is 5.86. The molecular formula is C20H20FN3. The number of fused-ring (bicyclic) bond motifs is 2. The number of benzene rings is 2. The van der Waals surface area contributed by atoms with Crippen molar-refractivity contribution in [3.63, 3.8) is 0 Å². The Bertz CT molecular complexity index is 920. The van der Waals surface area contributed by atoms with Gasteiger partial charge in [0, 0.05) is 28.9 Å². The van der Waals surface area contributed by atoms with Crippen molar-refractivity contribution in [2.24, 2.45) is 0 Å². The third kappa shape index (κ3) is 2.52. The number of hydrogen-bond acceptors (Lipinski definition) is 3. The van der Waals surface area contributed by atoms with Gasteiger partial charge in [-0.15, -0.1) is 0 Å². The normalized spacial score (nSPS) is 14.0. The summed E-state index contributed by atoms with van der Waals surface area (Å²) in [5.74, 6) is 0.693. The maximum Gasteiger partial charge on any atom is 0.148 e. The molecule has 122 valence electrons. The number of hydrogen-bond donors (Lipinski definition) is 0. The van der Waals surface area contributed by atoms with Crippen molar-refractivity contribution in [3.05, 3.63) is 64.9 Å². The third-order valence-electron chi connectivity index (χ3n) is 4.77. The number of rotatable bonds is 2. The fourth-order valence-corrected chi connectivity index (χ4v) is 3.66. The Hall–Kier alpha value is -2.49. The standard InChI is InChI=1S/C20H20FN3/c1-13-9-10-17(21)16-7-5-11-24(20(13)16)12-19-22-14(2)15-6-3-4-8-18(15)23-19/h3-4,6,8-10H,5,7,11-12H2,1-2H3. The minimum Gasteiger partial charge on any atom is -0.363 e. The molecule has 0 saturated heterocycles. The van der Waals surface area contributed by atoms with Crippen LogP contribution in [0, 0.1) is 19.7 Å². The van der Waals surface area contributed by atoms with Gasteiger partial charge in [-0.05, 0) is 44.4 Å². The molecule has 2 heterocycles. The van der Waals surface area contributed by atoms with E-state index in [1.807, 2.05) is 44.2 Å². The summed E-state index contributed by atoms with van der Waals surface area (Å²) in [6.07, 6.45) is 1.76. The zero-order chi connectivity index (χ0) is 16.7. The van der Waals surface area contributed by atoms with E-state index >= 15 is 0 Å². The molecule has 0 unspecified atom stereocenters. The second-order valence-corrected chi connectivity index (χ2v) is 6.46. The summed E-state index contributed by atoms with van der Waals surface area (Å²) in [5, 5.41) is 1.09. The average Bonchev–Trinajstić information content (AvgIpc) is 2.58. The number of nitrogens with zero attached hydrogens (tertiary/aromatic N) is 3. The number of para-hydroxylation sites is 1. The van der Waals surface area contributed by atoms with Gasteiger partial charge in [-0.2, -0.15) is 0 Å². The SMILES string of the molecule is Cc1ccc(F)c2c1N(Cc1nc(C)c3ccccc3n1)CCC2. The summed E-state index contributed by atoms with van der Waals surface area (Å²) in [6, 6.07) is 11.5. The zero-order valence-corrected chi connectivity index (χ0v) is 14.0.